The fourth-order valence-electron chi connectivity index (χ4n) is 0.337. The molecule has 0 rings (SSSR count). The molecule has 0 saturated carbocycles. The Morgan fingerprint density at radius 3 is 2.33 bits per heavy atom. The molecule has 4 heteroatoms. The molecule has 0 aliphatic heterocycles. The molecule has 2 radical (unpaired) electrons. The van der Waals surface area contributed by atoms with Gasteiger partial charge in [-0.15, -0.1) is 0 Å². The standard InChI is InChI=1S/C5H7BO3/c1-4(7)2-3-5(8)9-6/h2-3H2,1H3. The fraction of sp³-hybridized carbons (Fsp3) is 0.600. The predicted molar refractivity (Wildman–Crippen MR) is 31.8 cm³/mol. The van der Waals surface area contributed by atoms with E-state index in [0.29, 0.717) is 0 Å². The van der Waals surface area contributed by atoms with E-state index in [4.69, 9.17) is 0 Å². The minimum atomic E-state index is -0.551. The molecule has 0 fully saturated rings. The van der Waals surface area contributed by atoms with Crippen LogP contribution in [0.4, 0.5) is 0 Å². The van der Waals surface area contributed by atoms with Crippen LogP contribution in [0, 0.1) is 0 Å². The summed E-state index contributed by atoms with van der Waals surface area (Å²) in [5, 5.41) is 0. The van der Waals surface area contributed by atoms with Crippen molar-refractivity contribution in [3.05, 3.63) is 0 Å². The molecule has 0 aliphatic rings. The van der Waals surface area contributed by atoms with Gasteiger partial charge < -0.3 is 9.45 Å². The Hall–Kier alpha value is -0.795. The summed E-state index contributed by atoms with van der Waals surface area (Å²) in [6.45, 7) is 1.41. The highest BCUT2D eigenvalue weighted by atomic mass is 16.5. The second kappa shape index (κ2) is 4.12. The van der Waals surface area contributed by atoms with Crippen molar-refractivity contribution in [3.8, 4) is 0 Å². The van der Waals surface area contributed by atoms with Crippen LogP contribution in [0.3, 0.4) is 0 Å². The molecule has 9 heavy (non-hydrogen) atoms. The average molecular weight is 126 g/mol. The Labute approximate surface area is 54.8 Å². The highest BCUT2D eigenvalue weighted by Gasteiger charge is 2.00. The summed E-state index contributed by atoms with van der Waals surface area (Å²) in [6, 6.07) is 0. The normalized spacial score (nSPS) is 8.56. The van der Waals surface area contributed by atoms with Crippen molar-refractivity contribution in [2.75, 3.05) is 0 Å². The van der Waals surface area contributed by atoms with Crippen LogP contribution in [-0.2, 0) is 14.2 Å². The summed E-state index contributed by atoms with van der Waals surface area (Å²) in [4.78, 5) is 20.4. The van der Waals surface area contributed by atoms with Gasteiger partial charge >= 0.3 is 8.05 Å². The molecule has 0 amide bonds. The van der Waals surface area contributed by atoms with Gasteiger partial charge in [0, 0.05) is 6.42 Å². The minimum Gasteiger partial charge on any atom is -0.543 e. The summed E-state index contributed by atoms with van der Waals surface area (Å²) in [5.74, 6) is -0.592. The second-order valence-corrected chi connectivity index (χ2v) is 1.69. The largest absolute Gasteiger partial charge is 0.543 e. The third-order valence-electron chi connectivity index (χ3n) is 0.813. The smallest absolute Gasteiger partial charge is 0.378 e. The van der Waals surface area contributed by atoms with Gasteiger partial charge in [-0.3, -0.25) is 4.79 Å². The summed E-state index contributed by atoms with van der Waals surface area (Å²) in [7, 11) is 4.50. The Kier molecular flexibility index (Phi) is 3.76. The lowest BCUT2D eigenvalue weighted by Gasteiger charge is -1.94. The summed E-state index contributed by atoms with van der Waals surface area (Å²) < 4.78 is 3.81. The monoisotopic (exact) mass is 126 g/mol. The number of carbonyl (C=O) groups is 2. The molecule has 48 valence electrons. The topological polar surface area (TPSA) is 43.4 Å². The van der Waals surface area contributed by atoms with Gasteiger partial charge in [-0.25, -0.2) is 0 Å². The van der Waals surface area contributed by atoms with Crippen LogP contribution in [0.5, 0.6) is 0 Å². The van der Waals surface area contributed by atoms with Crippen LogP contribution in [0.15, 0.2) is 0 Å². The molecular weight excluding hydrogens is 119 g/mol. The first-order valence-corrected chi connectivity index (χ1v) is 2.56. The lowest BCUT2D eigenvalue weighted by Crippen LogP contribution is -2.03. The minimum absolute atomic E-state index is 0.0413. The maximum Gasteiger partial charge on any atom is 0.378 e. The van der Waals surface area contributed by atoms with Crippen molar-refractivity contribution in [1.29, 1.82) is 0 Å². The van der Waals surface area contributed by atoms with Gasteiger partial charge in [-0.2, -0.15) is 0 Å². The highest BCUT2D eigenvalue weighted by molar-refractivity contribution is 6.05. The van der Waals surface area contributed by atoms with Crippen molar-refractivity contribution in [1.82, 2.24) is 0 Å². The van der Waals surface area contributed by atoms with Crippen molar-refractivity contribution in [2.45, 2.75) is 19.8 Å². The van der Waals surface area contributed by atoms with Crippen molar-refractivity contribution in [3.63, 3.8) is 0 Å². The predicted octanol–water partition coefficient (Wildman–Crippen LogP) is -0.0177. The zero-order chi connectivity index (χ0) is 7.28. The van der Waals surface area contributed by atoms with Gasteiger partial charge in [-0.05, 0) is 6.92 Å². The van der Waals surface area contributed by atoms with Crippen LogP contribution in [-0.4, -0.2) is 19.8 Å². The quantitative estimate of drug-likeness (QED) is 0.499. The number of hydrogen-bond acceptors (Lipinski definition) is 3. The Balaban J connectivity index is 3.28. The van der Waals surface area contributed by atoms with Gasteiger partial charge in [0.15, 0.2) is 0 Å². The lowest BCUT2D eigenvalue weighted by molar-refractivity contribution is -0.135. The van der Waals surface area contributed by atoms with E-state index in [9.17, 15) is 9.59 Å². The zero-order valence-corrected chi connectivity index (χ0v) is 5.22. The highest BCUT2D eigenvalue weighted by Crippen LogP contribution is 1.90. The molecule has 0 aromatic heterocycles. The maximum absolute atomic E-state index is 10.2. The van der Waals surface area contributed by atoms with Gasteiger partial charge in [0.05, 0.1) is 6.42 Å². The Morgan fingerprint density at radius 1 is 1.44 bits per heavy atom. The lowest BCUT2D eigenvalue weighted by atomic mass is 10.2. The third-order valence-corrected chi connectivity index (χ3v) is 0.813. The molecular formula is C5H7BO3. The number of ketones is 1. The molecule has 0 aliphatic carbocycles. The molecule has 0 heterocycles. The van der Waals surface area contributed by atoms with Crippen LogP contribution in [0.1, 0.15) is 19.8 Å². The maximum atomic E-state index is 10.2. The van der Waals surface area contributed by atoms with E-state index >= 15 is 0 Å². The molecule has 0 saturated heterocycles. The number of Topliss-reactive ketones (excluding diaryl/α,β-unsaturated/α-hetero) is 1. The first-order chi connectivity index (χ1) is 4.16. The fourth-order valence-corrected chi connectivity index (χ4v) is 0.337. The Morgan fingerprint density at radius 2 is 2.00 bits per heavy atom. The first-order valence-electron chi connectivity index (χ1n) is 2.56. The van der Waals surface area contributed by atoms with Crippen LogP contribution in [0.2, 0.25) is 0 Å². The number of rotatable bonds is 3. The van der Waals surface area contributed by atoms with Crippen molar-refractivity contribution in [2.24, 2.45) is 0 Å². The van der Waals surface area contributed by atoms with E-state index in [1.165, 1.54) is 6.92 Å². The van der Waals surface area contributed by atoms with Crippen LogP contribution < -0.4 is 0 Å². The van der Waals surface area contributed by atoms with E-state index in [1.54, 1.807) is 0 Å². The molecule has 0 atom stereocenters. The number of hydrogen-bond donors (Lipinski definition) is 0. The summed E-state index contributed by atoms with van der Waals surface area (Å²) >= 11 is 0. The molecule has 0 aromatic carbocycles. The molecule has 0 bridgehead atoms. The van der Waals surface area contributed by atoms with Crippen LogP contribution in [0.25, 0.3) is 0 Å². The van der Waals surface area contributed by atoms with Crippen LogP contribution >= 0.6 is 0 Å². The summed E-state index contributed by atoms with van der Waals surface area (Å²) in [6.07, 6.45) is 0.280. The summed E-state index contributed by atoms with van der Waals surface area (Å²) in [5.41, 5.74) is 0. The van der Waals surface area contributed by atoms with E-state index in [0.717, 1.165) is 0 Å². The van der Waals surface area contributed by atoms with E-state index < -0.39 is 5.97 Å². The van der Waals surface area contributed by atoms with Gasteiger partial charge in [0.25, 0.3) is 5.97 Å². The Bertz CT molecular complexity index is 121. The van der Waals surface area contributed by atoms with Gasteiger partial charge in [0.2, 0.25) is 0 Å². The van der Waals surface area contributed by atoms with Crippen molar-refractivity contribution >= 4 is 19.8 Å². The average Bonchev–Trinajstić information content (AvgIpc) is 1.83. The van der Waals surface area contributed by atoms with Gasteiger partial charge in [-0.1, -0.05) is 0 Å². The molecule has 3 nitrogen and oxygen atoms in total. The molecule has 0 aromatic rings. The van der Waals surface area contributed by atoms with Gasteiger partial charge in [0.1, 0.15) is 5.78 Å². The third kappa shape index (κ3) is 5.07. The number of carbonyl (C=O) groups excluding carboxylic acids is 2. The molecule has 0 unspecified atom stereocenters. The van der Waals surface area contributed by atoms with Crippen molar-refractivity contribution < 1.29 is 14.2 Å². The molecule has 0 spiro atoms. The van der Waals surface area contributed by atoms with E-state index in [2.05, 4.69) is 12.7 Å². The molecule has 0 N–H and O–H groups in total. The van der Waals surface area contributed by atoms with E-state index in [1.807, 2.05) is 0 Å². The van der Waals surface area contributed by atoms with E-state index in [-0.39, 0.29) is 18.6 Å². The SMILES string of the molecule is [B]OC(=O)CCC(C)=O. The second-order valence-electron chi connectivity index (χ2n) is 1.69. The zero-order valence-electron chi connectivity index (χ0n) is 5.22. The first kappa shape index (κ1) is 8.20.